The Hall–Kier alpha value is -2.84. The van der Waals surface area contributed by atoms with Gasteiger partial charge in [0.25, 0.3) is 11.5 Å². The minimum atomic E-state index is -0.386. The quantitative estimate of drug-likeness (QED) is 0.472. The van der Waals surface area contributed by atoms with E-state index in [0.717, 1.165) is 57.5 Å². The highest BCUT2D eigenvalue weighted by Crippen LogP contribution is 2.26. The first-order valence-corrected chi connectivity index (χ1v) is 13.6. The zero-order chi connectivity index (χ0) is 24.9. The molecule has 36 heavy (non-hydrogen) atoms. The number of H-pyrrole nitrogens is 1. The Labute approximate surface area is 213 Å². The van der Waals surface area contributed by atoms with Crippen LogP contribution in [0.25, 0.3) is 0 Å². The molecule has 0 unspecified atom stereocenters. The fourth-order valence-corrected chi connectivity index (χ4v) is 5.89. The lowest BCUT2D eigenvalue weighted by Gasteiger charge is -2.34. The highest BCUT2D eigenvalue weighted by molar-refractivity contribution is 6.07. The first kappa shape index (κ1) is 24.8. The minimum absolute atomic E-state index is 0.145. The van der Waals surface area contributed by atoms with Crippen LogP contribution in [0.1, 0.15) is 61.7 Å². The number of anilines is 3. The molecule has 0 atom stereocenters. The van der Waals surface area contributed by atoms with Gasteiger partial charge in [0.05, 0.1) is 5.69 Å². The molecule has 1 aliphatic heterocycles. The number of carbonyl (C=O) groups is 1. The molecular formula is C28H40N6O2. The van der Waals surface area contributed by atoms with Crippen molar-refractivity contribution in [1.29, 1.82) is 0 Å². The molecule has 1 aromatic heterocycles. The van der Waals surface area contributed by atoms with E-state index >= 15 is 0 Å². The van der Waals surface area contributed by atoms with Crippen molar-refractivity contribution in [2.75, 3.05) is 48.8 Å². The number of aromatic amines is 1. The summed E-state index contributed by atoms with van der Waals surface area (Å²) in [5, 5.41) is 10.3. The van der Waals surface area contributed by atoms with Crippen LogP contribution in [0.4, 0.5) is 17.1 Å². The zero-order valence-electron chi connectivity index (χ0n) is 21.4. The number of nitrogens with zero attached hydrogens (tertiary/aromatic N) is 2. The lowest BCUT2D eigenvalue weighted by atomic mass is 9.90. The molecule has 3 aliphatic rings. The van der Waals surface area contributed by atoms with Crippen molar-refractivity contribution in [3.05, 3.63) is 52.4 Å². The number of likely N-dealkylation sites (N-methyl/N-ethyl adjacent to an activating group) is 1. The van der Waals surface area contributed by atoms with E-state index in [1.54, 1.807) is 12.3 Å². The predicted molar refractivity (Wildman–Crippen MR) is 146 cm³/mol. The molecule has 8 nitrogen and oxygen atoms in total. The van der Waals surface area contributed by atoms with Crippen molar-refractivity contribution in [2.45, 2.75) is 69.5 Å². The first-order valence-electron chi connectivity index (χ1n) is 13.6. The number of amides is 1. The number of hydrogen-bond acceptors (Lipinski definition) is 6. The zero-order valence-corrected chi connectivity index (χ0v) is 21.4. The molecule has 8 heteroatoms. The maximum absolute atomic E-state index is 13.2. The molecule has 1 aromatic carbocycles. The Balaban J connectivity index is 1.19. The summed E-state index contributed by atoms with van der Waals surface area (Å²) in [4.78, 5) is 33.2. The second-order valence-electron chi connectivity index (χ2n) is 10.7. The number of carbonyl (C=O) groups excluding carboxylic acids is 1. The molecule has 2 heterocycles. The average molecular weight is 493 g/mol. The van der Waals surface area contributed by atoms with Gasteiger partial charge in [0, 0.05) is 61.9 Å². The minimum Gasteiger partial charge on any atom is -0.381 e. The fourth-order valence-electron chi connectivity index (χ4n) is 5.89. The van der Waals surface area contributed by atoms with Crippen molar-refractivity contribution in [3.8, 4) is 0 Å². The highest BCUT2D eigenvalue weighted by Gasteiger charge is 2.26. The third kappa shape index (κ3) is 6.10. The van der Waals surface area contributed by atoms with Gasteiger partial charge in [-0.2, -0.15) is 0 Å². The maximum Gasteiger partial charge on any atom is 0.263 e. The molecule has 4 N–H and O–H groups in total. The third-order valence-electron chi connectivity index (χ3n) is 8.09. The summed E-state index contributed by atoms with van der Waals surface area (Å²) >= 11 is 0. The van der Waals surface area contributed by atoms with Gasteiger partial charge in [-0.25, -0.2) is 0 Å². The van der Waals surface area contributed by atoms with Gasteiger partial charge in [0.1, 0.15) is 5.56 Å². The Morgan fingerprint density at radius 1 is 0.861 bits per heavy atom. The van der Waals surface area contributed by atoms with Crippen LogP contribution in [0.5, 0.6) is 0 Å². The van der Waals surface area contributed by atoms with Crippen LogP contribution in [0.2, 0.25) is 0 Å². The molecule has 2 aliphatic carbocycles. The number of benzene rings is 1. The van der Waals surface area contributed by atoms with Crippen LogP contribution >= 0.6 is 0 Å². The first-order chi connectivity index (χ1) is 17.5. The highest BCUT2D eigenvalue weighted by atomic mass is 16.2. The maximum atomic E-state index is 13.2. The van der Waals surface area contributed by atoms with E-state index in [2.05, 4.69) is 37.8 Å². The second-order valence-corrected chi connectivity index (χ2v) is 10.7. The van der Waals surface area contributed by atoms with Gasteiger partial charge in [-0.3, -0.25) is 9.59 Å². The largest absolute Gasteiger partial charge is 0.381 e. The Kier molecular flexibility index (Phi) is 7.92. The van der Waals surface area contributed by atoms with E-state index in [4.69, 9.17) is 0 Å². The van der Waals surface area contributed by atoms with E-state index in [1.807, 2.05) is 24.3 Å². The fraction of sp³-hybridized carbons (Fsp3) is 0.571. The van der Waals surface area contributed by atoms with Crippen LogP contribution in [-0.4, -0.2) is 67.1 Å². The molecule has 2 saturated carbocycles. The van der Waals surface area contributed by atoms with Crippen molar-refractivity contribution in [1.82, 2.24) is 15.2 Å². The molecule has 5 rings (SSSR count). The van der Waals surface area contributed by atoms with E-state index < -0.39 is 0 Å². The SMILES string of the molecule is CN1CCN(c2ccc(NC(=O)c3c(NC4CCC(NC5CCCC5)CC4)cc[nH]c3=O)cc2)CC1. The number of aromatic nitrogens is 1. The van der Waals surface area contributed by atoms with Gasteiger partial charge in [0.15, 0.2) is 0 Å². The van der Waals surface area contributed by atoms with E-state index in [1.165, 1.54) is 25.7 Å². The Morgan fingerprint density at radius 3 is 2.19 bits per heavy atom. The summed E-state index contributed by atoms with van der Waals surface area (Å²) in [5.74, 6) is -0.386. The van der Waals surface area contributed by atoms with Gasteiger partial charge in [0.2, 0.25) is 0 Å². The third-order valence-corrected chi connectivity index (χ3v) is 8.09. The number of rotatable bonds is 7. The number of nitrogens with one attached hydrogen (secondary N) is 4. The van der Waals surface area contributed by atoms with E-state index in [9.17, 15) is 9.59 Å². The van der Waals surface area contributed by atoms with Crippen molar-refractivity contribution in [2.24, 2.45) is 0 Å². The van der Waals surface area contributed by atoms with Crippen molar-refractivity contribution < 1.29 is 4.79 Å². The molecular weight excluding hydrogens is 452 g/mol. The molecule has 2 aromatic rings. The number of piperazine rings is 1. The van der Waals surface area contributed by atoms with Gasteiger partial charge < -0.3 is 30.7 Å². The second kappa shape index (κ2) is 11.5. The summed E-state index contributed by atoms with van der Waals surface area (Å²) in [6.45, 7) is 4.08. The van der Waals surface area contributed by atoms with Gasteiger partial charge in [-0.05, 0) is 75.9 Å². The van der Waals surface area contributed by atoms with Gasteiger partial charge in [-0.15, -0.1) is 0 Å². The van der Waals surface area contributed by atoms with Crippen LogP contribution in [0.3, 0.4) is 0 Å². The molecule has 0 bridgehead atoms. The summed E-state index contributed by atoms with van der Waals surface area (Å²) in [7, 11) is 2.14. The summed E-state index contributed by atoms with van der Waals surface area (Å²) in [6, 6.07) is 11.2. The average Bonchev–Trinajstić information content (AvgIpc) is 3.39. The van der Waals surface area contributed by atoms with Crippen LogP contribution in [0.15, 0.2) is 41.3 Å². The van der Waals surface area contributed by atoms with Crippen LogP contribution in [-0.2, 0) is 0 Å². The van der Waals surface area contributed by atoms with E-state index in [-0.39, 0.29) is 23.1 Å². The van der Waals surface area contributed by atoms with Crippen molar-refractivity contribution in [3.63, 3.8) is 0 Å². The Morgan fingerprint density at radius 2 is 1.50 bits per heavy atom. The van der Waals surface area contributed by atoms with Crippen LogP contribution in [0, 0.1) is 0 Å². The summed E-state index contributed by atoms with van der Waals surface area (Å²) in [5.41, 5.74) is 2.22. The number of pyridine rings is 1. The number of hydrogen-bond donors (Lipinski definition) is 4. The van der Waals surface area contributed by atoms with E-state index in [0.29, 0.717) is 23.5 Å². The Bertz CT molecular complexity index is 1060. The van der Waals surface area contributed by atoms with Crippen molar-refractivity contribution >= 4 is 23.0 Å². The molecule has 0 spiro atoms. The lowest BCUT2D eigenvalue weighted by molar-refractivity contribution is 0.102. The topological polar surface area (TPSA) is 92.5 Å². The summed E-state index contributed by atoms with van der Waals surface area (Å²) < 4.78 is 0. The molecule has 0 radical (unpaired) electrons. The molecule has 194 valence electrons. The lowest BCUT2D eigenvalue weighted by Crippen LogP contribution is -2.44. The van der Waals surface area contributed by atoms with Crippen LogP contribution < -0.4 is 26.4 Å². The predicted octanol–water partition coefficient (Wildman–Crippen LogP) is 3.63. The van der Waals surface area contributed by atoms with Gasteiger partial charge >= 0.3 is 0 Å². The standard InChI is InChI=1S/C28H40N6O2/c1-33-16-18-34(19-17-33)24-12-10-23(11-13-24)32-28(36)26-25(14-15-29-27(26)35)31-22-8-6-21(7-9-22)30-20-4-2-3-5-20/h10-15,20-22,30H,2-9,16-19H2,1H3,(H,32,36)(H2,29,31,35). The normalized spacial score (nSPS) is 23.5. The smallest absolute Gasteiger partial charge is 0.263 e. The molecule has 3 fully saturated rings. The molecule has 1 saturated heterocycles. The monoisotopic (exact) mass is 492 g/mol. The van der Waals surface area contributed by atoms with Gasteiger partial charge in [-0.1, -0.05) is 12.8 Å². The summed E-state index contributed by atoms with van der Waals surface area (Å²) in [6.07, 6.45) is 11.2. The molecule has 1 amide bonds.